The van der Waals surface area contributed by atoms with E-state index >= 15 is 0 Å². The Kier molecular flexibility index (Phi) is 2.38. The van der Waals surface area contributed by atoms with Gasteiger partial charge in [-0.25, -0.2) is 4.79 Å². The molecule has 2 nitrogen and oxygen atoms in total. The molecule has 1 saturated heterocycles. The van der Waals surface area contributed by atoms with Gasteiger partial charge in [-0.3, -0.25) is 0 Å². The highest BCUT2D eigenvalue weighted by molar-refractivity contribution is 5.88. The van der Waals surface area contributed by atoms with E-state index in [1.54, 1.807) is 0 Å². The van der Waals surface area contributed by atoms with Crippen LogP contribution in [-0.4, -0.2) is 12.1 Å². The summed E-state index contributed by atoms with van der Waals surface area (Å²) in [6.45, 7) is 3.74. The lowest BCUT2D eigenvalue weighted by molar-refractivity contribution is -0.151. The predicted octanol–water partition coefficient (Wildman–Crippen LogP) is 2.44. The quantitative estimate of drug-likeness (QED) is 0.423. The lowest BCUT2D eigenvalue weighted by atomic mass is 9.88. The number of carbonyl (C=O) groups excluding carboxylic acids is 1. The summed E-state index contributed by atoms with van der Waals surface area (Å²) in [5.41, 5.74) is 0.670. The van der Waals surface area contributed by atoms with Crippen molar-refractivity contribution in [3.8, 4) is 0 Å². The predicted molar refractivity (Wildman–Crippen MR) is 50.2 cm³/mol. The van der Waals surface area contributed by atoms with E-state index in [4.69, 9.17) is 4.74 Å². The van der Waals surface area contributed by atoms with E-state index in [1.807, 2.05) is 0 Å². The molecule has 0 unspecified atom stereocenters. The molecule has 2 atom stereocenters. The van der Waals surface area contributed by atoms with Gasteiger partial charge in [-0.1, -0.05) is 19.4 Å². The van der Waals surface area contributed by atoms with E-state index < -0.39 is 0 Å². The molecule has 1 aliphatic heterocycles. The van der Waals surface area contributed by atoms with Gasteiger partial charge in [0, 0.05) is 11.5 Å². The summed E-state index contributed by atoms with van der Waals surface area (Å²) in [6.07, 6.45) is 7.11. The summed E-state index contributed by atoms with van der Waals surface area (Å²) in [4.78, 5) is 11.2. The molecule has 0 bridgehead atoms. The third-order valence-electron chi connectivity index (χ3n) is 3.15. The van der Waals surface area contributed by atoms with Crippen molar-refractivity contribution in [3.05, 3.63) is 12.2 Å². The van der Waals surface area contributed by atoms with Crippen molar-refractivity contribution >= 4 is 5.97 Å². The monoisotopic (exact) mass is 180 g/mol. The molecule has 1 saturated carbocycles. The Morgan fingerprint density at radius 2 is 2.00 bits per heavy atom. The average Bonchev–Trinajstić information content (AvgIpc) is 2.31. The molecule has 0 N–H and O–H groups in total. The molecule has 2 fully saturated rings. The van der Waals surface area contributed by atoms with Crippen LogP contribution >= 0.6 is 0 Å². The van der Waals surface area contributed by atoms with Crippen molar-refractivity contribution in [1.82, 2.24) is 0 Å². The molecular formula is C11H16O2. The van der Waals surface area contributed by atoms with Crippen molar-refractivity contribution in [2.24, 2.45) is 5.92 Å². The second kappa shape index (κ2) is 3.52. The normalized spacial score (nSPS) is 34.8. The smallest absolute Gasteiger partial charge is 0.333 e. The van der Waals surface area contributed by atoms with Crippen LogP contribution in [0.4, 0.5) is 0 Å². The summed E-state index contributed by atoms with van der Waals surface area (Å²) in [7, 11) is 0. The van der Waals surface area contributed by atoms with E-state index in [0.717, 1.165) is 12.8 Å². The van der Waals surface area contributed by atoms with Crippen LogP contribution < -0.4 is 0 Å². The zero-order chi connectivity index (χ0) is 9.26. The molecule has 0 aromatic heterocycles. The molecule has 0 spiro atoms. The van der Waals surface area contributed by atoms with E-state index in [2.05, 4.69) is 6.58 Å². The largest absolute Gasteiger partial charge is 0.459 e. The summed E-state index contributed by atoms with van der Waals surface area (Å²) in [5.74, 6) is 0.399. The lowest BCUT2D eigenvalue weighted by Crippen LogP contribution is -2.32. The number of esters is 1. The zero-order valence-electron chi connectivity index (χ0n) is 7.92. The molecule has 2 aliphatic rings. The Morgan fingerprint density at radius 1 is 1.23 bits per heavy atom. The van der Waals surface area contributed by atoms with Gasteiger partial charge in [0.2, 0.25) is 0 Å². The molecule has 1 heterocycles. The molecule has 13 heavy (non-hydrogen) atoms. The van der Waals surface area contributed by atoms with E-state index in [0.29, 0.717) is 11.5 Å². The van der Waals surface area contributed by atoms with Crippen molar-refractivity contribution in [1.29, 1.82) is 0 Å². The zero-order valence-corrected chi connectivity index (χ0v) is 7.92. The fourth-order valence-electron chi connectivity index (χ4n) is 2.36. The Hall–Kier alpha value is -0.790. The minimum atomic E-state index is -0.164. The minimum absolute atomic E-state index is 0.164. The first-order chi connectivity index (χ1) is 6.27. The van der Waals surface area contributed by atoms with Crippen LogP contribution in [0.25, 0.3) is 0 Å². The molecule has 0 amide bonds. The maximum absolute atomic E-state index is 11.2. The molecule has 2 rings (SSSR count). The summed E-state index contributed by atoms with van der Waals surface area (Å²) in [5, 5.41) is 0. The van der Waals surface area contributed by atoms with Gasteiger partial charge in [-0.05, 0) is 25.7 Å². The van der Waals surface area contributed by atoms with Gasteiger partial charge in [-0.2, -0.15) is 0 Å². The molecular weight excluding hydrogens is 164 g/mol. The second-order valence-corrected chi connectivity index (χ2v) is 4.15. The maximum atomic E-state index is 11.2. The number of hydrogen-bond donors (Lipinski definition) is 0. The first-order valence-electron chi connectivity index (χ1n) is 5.16. The summed E-state index contributed by atoms with van der Waals surface area (Å²) < 4.78 is 5.34. The Balaban J connectivity index is 2.07. The third-order valence-corrected chi connectivity index (χ3v) is 3.15. The van der Waals surface area contributed by atoms with E-state index in [-0.39, 0.29) is 12.1 Å². The van der Waals surface area contributed by atoms with Crippen LogP contribution in [0.1, 0.15) is 38.5 Å². The van der Waals surface area contributed by atoms with Gasteiger partial charge in [0.15, 0.2) is 0 Å². The van der Waals surface area contributed by atoms with Crippen LogP contribution in [-0.2, 0) is 9.53 Å². The van der Waals surface area contributed by atoms with Gasteiger partial charge >= 0.3 is 5.97 Å². The van der Waals surface area contributed by atoms with E-state index in [1.165, 1.54) is 25.7 Å². The number of carbonyl (C=O) groups is 1. The van der Waals surface area contributed by atoms with Crippen LogP contribution in [0.15, 0.2) is 12.2 Å². The number of hydrogen-bond acceptors (Lipinski definition) is 2. The highest BCUT2D eigenvalue weighted by atomic mass is 16.5. The fourth-order valence-corrected chi connectivity index (χ4v) is 2.36. The molecule has 0 aromatic carbocycles. The van der Waals surface area contributed by atoms with Crippen LogP contribution in [0.5, 0.6) is 0 Å². The summed E-state index contributed by atoms with van der Waals surface area (Å²) >= 11 is 0. The molecule has 0 radical (unpaired) electrons. The van der Waals surface area contributed by atoms with Gasteiger partial charge in [0.05, 0.1) is 0 Å². The van der Waals surface area contributed by atoms with Crippen molar-refractivity contribution in [2.45, 2.75) is 44.6 Å². The molecule has 2 heteroatoms. The number of rotatable bonds is 0. The Bertz CT molecular complexity index is 208. The van der Waals surface area contributed by atoms with Gasteiger partial charge < -0.3 is 4.74 Å². The summed E-state index contributed by atoms with van der Waals surface area (Å²) in [6, 6.07) is 0. The standard InChI is InChI=1S/C11H16O2/c1-8-7-9-5-3-2-4-6-10(9)13-11(8)12/h9-10H,1-7H2/t9-,10+/m1/s1. The maximum Gasteiger partial charge on any atom is 0.333 e. The first-order valence-corrected chi connectivity index (χ1v) is 5.16. The number of ether oxygens (including phenoxy) is 1. The minimum Gasteiger partial charge on any atom is -0.459 e. The molecule has 0 aromatic rings. The highest BCUT2D eigenvalue weighted by Gasteiger charge is 2.33. The second-order valence-electron chi connectivity index (χ2n) is 4.15. The Labute approximate surface area is 79.0 Å². The van der Waals surface area contributed by atoms with E-state index in [9.17, 15) is 4.79 Å². The van der Waals surface area contributed by atoms with Crippen molar-refractivity contribution < 1.29 is 9.53 Å². The molecule has 72 valence electrons. The SMILES string of the molecule is C=C1C[C@H]2CCCCC[C@@H]2OC1=O. The lowest BCUT2D eigenvalue weighted by Gasteiger charge is -2.30. The van der Waals surface area contributed by atoms with Gasteiger partial charge in [0.1, 0.15) is 6.10 Å². The van der Waals surface area contributed by atoms with Crippen molar-refractivity contribution in [3.63, 3.8) is 0 Å². The van der Waals surface area contributed by atoms with Crippen LogP contribution in [0, 0.1) is 5.92 Å². The average molecular weight is 180 g/mol. The Morgan fingerprint density at radius 3 is 2.85 bits per heavy atom. The first kappa shape index (κ1) is 8.79. The highest BCUT2D eigenvalue weighted by Crippen LogP contribution is 2.34. The van der Waals surface area contributed by atoms with Gasteiger partial charge in [-0.15, -0.1) is 0 Å². The van der Waals surface area contributed by atoms with Crippen LogP contribution in [0.3, 0.4) is 0 Å². The van der Waals surface area contributed by atoms with Gasteiger partial charge in [0.25, 0.3) is 0 Å². The molecule has 1 aliphatic carbocycles. The van der Waals surface area contributed by atoms with Crippen molar-refractivity contribution in [2.75, 3.05) is 0 Å². The van der Waals surface area contributed by atoms with Crippen LogP contribution in [0.2, 0.25) is 0 Å². The third kappa shape index (κ3) is 1.77. The fraction of sp³-hybridized carbons (Fsp3) is 0.727. The number of fused-ring (bicyclic) bond motifs is 1. The topological polar surface area (TPSA) is 26.3 Å².